The van der Waals surface area contributed by atoms with Crippen LogP contribution in [0.4, 0.5) is 0 Å². The Morgan fingerprint density at radius 3 is 2.30 bits per heavy atom. The van der Waals surface area contributed by atoms with Gasteiger partial charge in [0, 0.05) is 11.8 Å². The van der Waals surface area contributed by atoms with Gasteiger partial charge in [0.1, 0.15) is 0 Å². The maximum atomic E-state index is 4.38. The summed E-state index contributed by atoms with van der Waals surface area (Å²) in [6.45, 7) is 4.59. The first-order valence-corrected chi connectivity index (χ1v) is 6.50. The lowest BCUT2D eigenvalue weighted by Crippen LogP contribution is -2.41. The van der Waals surface area contributed by atoms with Crippen LogP contribution in [0.5, 0.6) is 0 Å². The zero-order valence-corrected chi connectivity index (χ0v) is 11.1. The van der Waals surface area contributed by atoms with Crippen LogP contribution in [-0.4, -0.2) is 16.0 Å². The van der Waals surface area contributed by atoms with E-state index in [1.165, 1.54) is 5.56 Å². The lowest BCUT2D eigenvalue weighted by atomic mass is 10.2. The van der Waals surface area contributed by atoms with Gasteiger partial charge in [-0.05, 0) is 5.56 Å². The van der Waals surface area contributed by atoms with Crippen molar-refractivity contribution in [2.75, 3.05) is 0 Å². The van der Waals surface area contributed by atoms with Crippen LogP contribution in [-0.2, 0) is 6.54 Å². The minimum atomic E-state index is 0.715. The molecule has 2 aromatic carbocycles. The Balaban J connectivity index is 1.79. The standard InChI is InChI=1S/C16H16N4/c1-2-19-16(15-11-7-4-8-12-15)17-18-20(19)13-14-9-5-3-6-10-14/h2-12,18H,1,13H2. The molecule has 0 radical (unpaired) electrons. The molecule has 0 saturated heterocycles. The van der Waals surface area contributed by atoms with Crippen molar-refractivity contribution in [3.8, 4) is 0 Å². The van der Waals surface area contributed by atoms with Crippen molar-refractivity contribution in [1.29, 1.82) is 0 Å². The third-order valence-corrected chi connectivity index (χ3v) is 3.13. The van der Waals surface area contributed by atoms with Crippen LogP contribution in [0.25, 0.3) is 0 Å². The van der Waals surface area contributed by atoms with E-state index in [2.05, 4.69) is 29.3 Å². The number of nitrogens with one attached hydrogen (secondary N) is 1. The number of hydrogen-bond donors (Lipinski definition) is 1. The highest BCUT2D eigenvalue weighted by Gasteiger charge is 2.24. The molecular weight excluding hydrogens is 248 g/mol. The van der Waals surface area contributed by atoms with E-state index in [1.54, 1.807) is 6.20 Å². The number of benzene rings is 2. The molecule has 1 N–H and O–H groups in total. The molecule has 0 unspecified atom stereocenters. The van der Waals surface area contributed by atoms with Gasteiger partial charge in [0.2, 0.25) is 0 Å². The van der Waals surface area contributed by atoms with Crippen molar-refractivity contribution in [2.24, 2.45) is 5.10 Å². The van der Waals surface area contributed by atoms with Gasteiger partial charge >= 0.3 is 0 Å². The largest absolute Gasteiger partial charge is 0.243 e. The molecule has 4 heteroatoms. The molecule has 1 aliphatic rings. The van der Waals surface area contributed by atoms with Crippen LogP contribution in [0.2, 0.25) is 0 Å². The molecule has 4 nitrogen and oxygen atoms in total. The Hall–Kier alpha value is -2.59. The lowest BCUT2D eigenvalue weighted by Gasteiger charge is -2.25. The molecule has 0 atom stereocenters. The van der Waals surface area contributed by atoms with E-state index >= 15 is 0 Å². The Morgan fingerprint density at radius 1 is 1.00 bits per heavy atom. The first-order chi connectivity index (χ1) is 9.88. The molecule has 1 aliphatic heterocycles. The Kier molecular flexibility index (Phi) is 3.48. The number of rotatable bonds is 4. The van der Waals surface area contributed by atoms with Crippen LogP contribution >= 0.6 is 0 Å². The summed E-state index contributed by atoms with van der Waals surface area (Å²) in [5.41, 5.74) is 5.29. The third kappa shape index (κ3) is 2.41. The first-order valence-electron chi connectivity index (χ1n) is 6.50. The van der Waals surface area contributed by atoms with Crippen LogP contribution in [0, 0.1) is 0 Å². The Morgan fingerprint density at radius 2 is 1.65 bits per heavy atom. The SMILES string of the molecule is C=CN1C(c2ccccc2)=NNN1Cc1ccccc1. The maximum Gasteiger partial charge on any atom is 0.177 e. The van der Waals surface area contributed by atoms with Gasteiger partial charge in [0.15, 0.2) is 5.84 Å². The Labute approximate surface area is 118 Å². The fourth-order valence-corrected chi connectivity index (χ4v) is 2.16. The first kappa shape index (κ1) is 12.4. The number of amidine groups is 1. The van der Waals surface area contributed by atoms with E-state index < -0.39 is 0 Å². The highest BCUT2D eigenvalue weighted by molar-refractivity contribution is 5.99. The van der Waals surface area contributed by atoms with Gasteiger partial charge in [-0.3, -0.25) is 0 Å². The predicted octanol–water partition coefficient (Wildman–Crippen LogP) is 2.73. The van der Waals surface area contributed by atoms with Crippen LogP contribution < -0.4 is 5.53 Å². The van der Waals surface area contributed by atoms with Gasteiger partial charge in [0.25, 0.3) is 0 Å². The van der Waals surface area contributed by atoms with Gasteiger partial charge in [-0.15, -0.1) is 10.2 Å². The molecular formula is C16H16N4. The molecule has 1 heterocycles. The summed E-state index contributed by atoms with van der Waals surface area (Å²) in [6.07, 6.45) is 1.76. The minimum Gasteiger partial charge on any atom is -0.243 e. The molecule has 2 aromatic rings. The van der Waals surface area contributed by atoms with Crippen molar-refractivity contribution in [3.05, 3.63) is 84.6 Å². The van der Waals surface area contributed by atoms with E-state index in [0.717, 1.165) is 11.4 Å². The van der Waals surface area contributed by atoms with Crippen molar-refractivity contribution >= 4 is 5.84 Å². The Bertz CT molecular complexity index is 607. The smallest absolute Gasteiger partial charge is 0.177 e. The highest BCUT2D eigenvalue weighted by atomic mass is 15.9. The maximum absolute atomic E-state index is 4.38. The van der Waals surface area contributed by atoms with Gasteiger partial charge in [0.05, 0.1) is 6.54 Å². The van der Waals surface area contributed by atoms with E-state index in [1.807, 2.05) is 58.7 Å². The second-order valence-corrected chi connectivity index (χ2v) is 4.47. The van der Waals surface area contributed by atoms with Crippen LogP contribution in [0.15, 0.2) is 78.5 Å². The summed E-state index contributed by atoms with van der Waals surface area (Å²) in [4.78, 5) is 0. The molecule has 0 aliphatic carbocycles. The van der Waals surface area contributed by atoms with Crippen molar-refractivity contribution in [2.45, 2.75) is 6.54 Å². The molecule has 3 rings (SSSR count). The average molecular weight is 264 g/mol. The van der Waals surface area contributed by atoms with Gasteiger partial charge in [-0.1, -0.05) is 67.2 Å². The van der Waals surface area contributed by atoms with E-state index in [4.69, 9.17) is 0 Å². The average Bonchev–Trinajstić information content (AvgIpc) is 2.92. The summed E-state index contributed by atoms with van der Waals surface area (Å²) >= 11 is 0. The van der Waals surface area contributed by atoms with E-state index in [9.17, 15) is 0 Å². The summed E-state index contributed by atoms with van der Waals surface area (Å²) < 4.78 is 0. The van der Waals surface area contributed by atoms with Crippen molar-refractivity contribution < 1.29 is 0 Å². The molecule has 20 heavy (non-hydrogen) atoms. The number of hydrazine groups is 2. The monoisotopic (exact) mass is 264 g/mol. The summed E-state index contributed by atoms with van der Waals surface area (Å²) in [7, 11) is 0. The molecule has 100 valence electrons. The van der Waals surface area contributed by atoms with E-state index in [0.29, 0.717) is 6.54 Å². The predicted molar refractivity (Wildman–Crippen MR) is 80.1 cm³/mol. The molecule has 0 amide bonds. The topological polar surface area (TPSA) is 30.9 Å². The fraction of sp³-hybridized carbons (Fsp3) is 0.0625. The second-order valence-electron chi connectivity index (χ2n) is 4.47. The highest BCUT2D eigenvalue weighted by Crippen LogP contribution is 2.15. The molecule has 0 fully saturated rings. The van der Waals surface area contributed by atoms with Gasteiger partial charge in [-0.2, -0.15) is 0 Å². The summed E-state index contributed by atoms with van der Waals surface area (Å²) in [6, 6.07) is 20.3. The molecule has 0 aromatic heterocycles. The molecule has 0 saturated carbocycles. The molecule has 0 bridgehead atoms. The number of nitrogens with zero attached hydrogens (tertiary/aromatic N) is 3. The third-order valence-electron chi connectivity index (χ3n) is 3.13. The zero-order chi connectivity index (χ0) is 13.8. The quantitative estimate of drug-likeness (QED) is 0.921. The van der Waals surface area contributed by atoms with E-state index in [-0.39, 0.29) is 0 Å². The second kappa shape index (κ2) is 5.59. The zero-order valence-electron chi connectivity index (χ0n) is 11.1. The summed E-state index contributed by atoms with van der Waals surface area (Å²) in [5.74, 6) is 0.844. The van der Waals surface area contributed by atoms with Gasteiger partial charge in [-0.25, -0.2) is 10.5 Å². The fourth-order valence-electron chi connectivity index (χ4n) is 2.16. The molecule has 0 spiro atoms. The van der Waals surface area contributed by atoms with Crippen LogP contribution in [0.1, 0.15) is 11.1 Å². The minimum absolute atomic E-state index is 0.715. The summed E-state index contributed by atoms with van der Waals surface area (Å²) in [5, 5.41) is 8.22. The number of hydrogen-bond acceptors (Lipinski definition) is 4. The normalized spacial score (nSPS) is 14.8. The van der Waals surface area contributed by atoms with Gasteiger partial charge < -0.3 is 0 Å². The van der Waals surface area contributed by atoms with Crippen molar-refractivity contribution in [3.63, 3.8) is 0 Å². The lowest BCUT2D eigenvalue weighted by molar-refractivity contribution is 0.0457. The van der Waals surface area contributed by atoms with Crippen molar-refractivity contribution in [1.82, 2.24) is 15.7 Å². The van der Waals surface area contributed by atoms with Crippen LogP contribution in [0.3, 0.4) is 0 Å². The number of hydrazone groups is 1.